The predicted octanol–water partition coefficient (Wildman–Crippen LogP) is 3.92. The monoisotopic (exact) mass is 283 g/mol. The summed E-state index contributed by atoms with van der Waals surface area (Å²) in [6, 6.07) is 10.4. The topological polar surface area (TPSA) is 30.7 Å². The number of pyridine rings is 1. The number of rotatable bonds is 2. The molecule has 4 heteroatoms. The van der Waals surface area contributed by atoms with Crippen molar-refractivity contribution in [3.05, 3.63) is 59.8 Å². The van der Waals surface area contributed by atoms with Gasteiger partial charge in [-0.3, -0.25) is 0 Å². The van der Waals surface area contributed by atoms with Crippen molar-refractivity contribution in [3.63, 3.8) is 0 Å². The number of hydrogen-bond acceptors (Lipinski definition) is 2. The van der Waals surface area contributed by atoms with Crippen LogP contribution in [-0.2, 0) is 12.0 Å². The number of fused-ring (bicyclic) bond motifs is 1. The van der Waals surface area contributed by atoms with Crippen LogP contribution in [0.5, 0.6) is 0 Å². The highest BCUT2D eigenvalue weighted by Gasteiger charge is 2.22. The number of aromatic nitrogens is 3. The van der Waals surface area contributed by atoms with Gasteiger partial charge in [0.05, 0.1) is 0 Å². The van der Waals surface area contributed by atoms with E-state index in [2.05, 4.69) is 30.3 Å². The summed E-state index contributed by atoms with van der Waals surface area (Å²) in [7, 11) is 0. The van der Waals surface area contributed by atoms with Crippen molar-refractivity contribution >= 4 is 11.2 Å². The number of nitrogens with zero attached hydrogens (tertiary/aromatic N) is 3. The van der Waals surface area contributed by atoms with Crippen LogP contribution in [-0.4, -0.2) is 14.5 Å². The molecule has 0 fully saturated rings. The van der Waals surface area contributed by atoms with E-state index in [9.17, 15) is 4.39 Å². The van der Waals surface area contributed by atoms with E-state index in [1.807, 2.05) is 12.1 Å². The molecule has 0 amide bonds. The fraction of sp³-hybridized carbons (Fsp3) is 0.294. The number of halogens is 1. The molecule has 21 heavy (non-hydrogen) atoms. The Hall–Kier alpha value is -2.23. The first kappa shape index (κ1) is 13.7. The first-order chi connectivity index (χ1) is 9.95. The Labute approximate surface area is 123 Å². The molecule has 3 aromatic rings. The van der Waals surface area contributed by atoms with Gasteiger partial charge in [-0.15, -0.1) is 0 Å². The van der Waals surface area contributed by atoms with Crippen LogP contribution in [0.15, 0.2) is 42.6 Å². The summed E-state index contributed by atoms with van der Waals surface area (Å²) < 4.78 is 15.2. The first-order valence-corrected chi connectivity index (χ1v) is 7.02. The van der Waals surface area contributed by atoms with Gasteiger partial charge in [0.1, 0.15) is 17.2 Å². The Balaban J connectivity index is 2.11. The average molecular weight is 283 g/mol. The van der Waals surface area contributed by atoms with Gasteiger partial charge in [-0.05, 0) is 50.6 Å². The van der Waals surface area contributed by atoms with Gasteiger partial charge in [0.15, 0.2) is 5.65 Å². The van der Waals surface area contributed by atoms with Gasteiger partial charge in [-0.2, -0.15) is 0 Å². The van der Waals surface area contributed by atoms with Crippen LogP contribution in [0, 0.1) is 5.82 Å². The normalized spacial score (nSPS) is 12.0. The SMILES string of the molecule is CC(C)(C)n1c(Cc2ccc(F)cc2)nc2cccnc21. The standard InChI is InChI=1S/C17H18FN3/c1-17(2,3)21-15(11-12-6-8-13(18)9-7-12)20-14-5-4-10-19-16(14)21/h4-10H,11H2,1-3H3. The van der Waals surface area contributed by atoms with Gasteiger partial charge in [0, 0.05) is 18.2 Å². The molecular weight excluding hydrogens is 265 g/mol. The lowest BCUT2D eigenvalue weighted by atomic mass is 10.1. The van der Waals surface area contributed by atoms with Crippen molar-refractivity contribution in [2.24, 2.45) is 0 Å². The van der Waals surface area contributed by atoms with E-state index in [1.54, 1.807) is 18.3 Å². The maximum Gasteiger partial charge on any atom is 0.160 e. The summed E-state index contributed by atoms with van der Waals surface area (Å²) in [4.78, 5) is 9.17. The van der Waals surface area contributed by atoms with Crippen LogP contribution in [0.2, 0.25) is 0 Å². The molecule has 0 atom stereocenters. The fourth-order valence-electron chi connectivity index (χ4n) is 2.57. The minimum absolute atomic E-state index is 0.113. The molecule has 3 nitrogen and oxygen atoms in total. The van der Waals surface area contributed by atoms with Gasteiger partial charge in [0.2, 0.25) is 0 Å². The van der Waals surface area contributed by atoms with Gasteiger partial charge >= 0.3 is 0 Å². The van der Waals surface area contributed by atoms with Gasteiger partial charge in [-0.1, -0.05) is 12.1 Å². The van der Waals surface area contributed by atoms with Crippen molar-refractivity contribution in [1.82, 2.24) is 14.5 Å². The Kier molecular flexibility index (Phi) is 3.24. The first-order valence-electron chi connectivity index (χ1n) is 7.02. The van der Waals surface area contributed by atoms with Gasteiger partial charge < -0.3 is 4.57 Å². The summed E-state index contributed by atoms with van der Waals surface area (Å²) in [6.45, 7) is 6.41. The quantitative estimate of drug-likeness (QED) is 0.713. The molecule has 0 spiro atoms. The fourth-order valence-corrected chi connectivity index (χ4v) is 2.57. The summed E-state index contributed by atoms with van der Waals surface area (Å²) in [6.07, 6.45) is 2.45. The van der Waals surface area contributed by atoms with Crippen LogP contribution < -0.4 is 0 Å². The molecule has 0 radical (unpaired) electrons. The second-order valence-corrected chi connectivity index (χ2v) is 6.18. The summed E-state index contributed by atoms with van der Waals surface area (Å²) in [5.41, 5.74) is 2.71. The number of hydrogen-bond donors (Lipinski definition) is 0. The molecule has 2 aromatic heterocycles. The Morgan fingerprint density at radius 1 is 1.10 bits per heavy atom. The molecule has 0 saturated heterocycles. The Morgan fingerprint density at radius 2 is 1.81 bits per heavy atom. The Morgan fingerprint density at radius 3 is 2.48 bits per heavy atom. The average Bonchev–Trinajstić information content (AvgIpc) is 2.79. The summed E-state index contributed by atoms with van der Waals surface area (Å²) in [5, 5.41) is 0. The maximum atomic E-state index is 13.0. The third-order valence-electron chi connectivity index (χ3n) is 3.43. The lowest BCUT2D eigenvalue weighted by Crippen LogP contribution is -2.24. The largest absolute Gasteiger partial charge is 0.307 e. The molecule has 1 aromatic carbocycles. The van der Waals surface area contributed by atoms with E-state index in [1.165, 1.54) is 12.1 Å². The molecule has 0 saturated carbocycles. The third-order valence-corrected chi connectivity index (χ3v) is 3.43. The molecule has 0 N–H and O–H groups in total. The lowest BCUT2D eigenvalue weighted by molar-refractivity contribution is 0.394. The second-order valence-electron chi connectivity index (χ2n) is 6.18. The zero-order chi connectivity index (χ0) is 15.0. The minimum Gasteiger partial charge on any atom is -0.307 e. The van der Waals surface area contributed by atoms with Crippen molar-refractivity contribution < 1.29 is 4.39 Å². The van der Waals surface area contributed by atoms with Crippen molar-refractivity contribution in [2.75, 3.05) is 0 Å². The zero-order valence-electron chi connectivity index (χ0n) is 12.5. The molecule has 0 unspecified atom stereocenters. The van der Waals surface area contributed by atoms with Crippen LogP contribution in [0.25, 0.3) is 11.2 Å². The molecular formula is C17H18FN3. The van der Waals surface area contributed by atoms with E-state index in [0.717, 1.165) is 22.6 Å². The van der Waals surface area contributed by atoms with E-state index < -0.39 is 0 Å². The van der Waals surface area contributed by atoms with Crippen molar-refractivity contribution in [3.8, 4) is 0 Å². The summed E-state index contributed by atoms with van der Waals surface area (Å²) in [5.74, 6) is 0.729. The zero-order valence-corrected chi connectivity index (χ0v) is 12.5. The minimum atomic E-state index is -0.218. The number of imidazole rings is 1. The Bertz CT molecular complexity index is 767. The maximum absolute atomic E-state index is 13.0. The van der Waals surface area contributed by atoms with Crippen LogP contribution in [0.1, 0.15) is 32.2 Å². The van der Waals surface area contributed by atoms with Gasteiger partial charge in [0.25, 0.3) is 0 Å². The molecule has 108 valence electrons. The number of benzene rings is 1. The van der Waals surface area contributed by atoms with Gasteiger partial charge in [-0.25, -0.2) is 14.4 Å². The van der Waals surface area contributed by atoms with E-state index in [-0.39, 0.29) is 11.4 Å². The third kappa shape index (κ3) is 2.66. The van der Waals surface area contributed by atoms with E-state index in [0.29, 0.717) is 6.42 Å². The second kappa shape index (κ2) is 4.95. The predicted molar refractivity (Wildman–Crippen MR) is 81.7 cm³/mol. The molecule has 0 aliphatic rings. The molecule has 3 rings (SSSR count). The van der Waals surface area contributed by atoms with Crippen LogP contribution in [0.4, 0.5) is 4.39 Å². The molecule has 0 aliphatic heterocycles. The van der Waals surface area contributed by atoms with E-state index in [4.69, 9.17) is 4.98 Å². The highest BCUT2D eigenvalue weighted by Crippen LogP contribution is 2.25. The molecule has 2 heterocycles. The van der Waals surface area contributed by atoms with Crippen molar-refractivity contribution in [1.29, 1.82) is 0 Å². The molecule has 0 aliphatic carbocycles. The highest BCUT2D eigenvalue weighted by atomic mass is 19.1. The lowest BCUT2D eigenvalue weighted by Gasteiger charge is -2.24. The van der Waals surface area contributed by atoms with Crippen LogP contribution >= 0.6 is 0 Å². The molecule has 0 bridgehead atoms. The van der Waals surface area contributed by atoms with E-state index >= 15 is 0 Å². The van der Waals surface area contributed by atoms with Crippen LogP contribution in [0.3, 0.4) is 0 Å². The summed E-state index contributed by atoms with van der Waals surface area (Å²) >= 11 is 0. The van der Waals surface area contributed by atoms with Crippen molar-refractivity contribution in [2.45, 2.75) is 32.7 Å². The highest BCUT2D eigenvalue weighted by molar-refractivity contribution is 5.71. The smallest absolute Gasteiger partial charge is 0.160 e.